The highest BCUT2D eigenvalue weighted by Crippen LogP contribution is 2.38. The van der Waals surface area contributed by atoms with Crippen molar-refractivity contribution in [2.45, 2.75) is 91.6 Å². The molecule has 0 unspecified atom stereocenters. The summed E-state index contributed by atoms with van der Waals surface area (Å²) in [6.45, 7) is 20.1. The summed E-state index contributed by atoms with van der Waals surface area (Å²) in [6, 6.07) is 42.9. The van der Waals surface area contributed by atoms with Gasteiger partial charge in [0.1, 0.15) is 51.6 Å². The second-order valence-electron chi connectivity index (χ2n) is 23.5. The van der Waals surface area contributed by atoms with E-state index < -0.39 is 87.0 Å². The lowest BCUT2D eigenvalue weighted by Gasteiger charge is -2.32. The molecule has 10 aromatic rings. The van der Waals surface area contributed by atoms with Gasteiger partial charge in [0.2, 0.25) is 24.6 Å². The fourth-order valence-electron chi connectivity index (χ4n) is 8.96. The molecule has 16 nitrogen and oxygen atoms in total. The summed E-state index contributed by atoms with van der Waals surface area (Å²) in [5.41, 5.74) is 11.5. The Labute approximate surface area is 563 Å². The third kappa shape index (κ3) is 17.9. The minimum Gasteiger partial charge on any atom is -0.423 e. The van der Waals surface area contributed by atoms with Crippen LogP contribution in [-0.2, 0) is 18.6 Å². The molecule has 4 heterocycles. The Morgan fingerprint density at radius 1 is 0.463 bits per heavy atom. The van der Waals surface area contributed by atoms with Crippen LogP contribution >= 0.6 is 34.2 Å². The molecular formula is C69H63B2ClF6IN7O9. The normalized spacial score (nSPS) is 14.5. The third-order valence-corrected chi connectivity index (χ3v) is 17.1. The van der Waals surface area contributed by atoms with Crippen LogP contribution in [0.1, 0.15) is 97.6 Å². The third-order valence-electron chi connectivity index (χ3n) is 15.8. The van der Waals surface area contributed by atoms with Gasteiger partial charge in [-0.1, -0.05) is 66.7 Å². The lowest BCUT2D eigenvalue weighted by molar-refractivity contribution is 0.00578. The molecule has 2 aliphatic rings. The van der Waals surface area contributed by atoms with Gasteiger partial charge in [-0.15, -0.1) is 20.4 Å². The summed E-state index contributed by atoms with van der Waals surface area (Å²) in [7, 11) is -0.820. The van der Waals surface area contributed by atoms with E-state index >= 15 is 0 Å². The van der Waals surface area contributed by atoms with Crippen molar-refractivity contribution in [1.82, 2.24) is 20.4 Å². The Morgan fingerprint density at radius 2 is 0.800 bits per heavy atom. The molecule has 0 aliphatic carbocycles. The number of rotatable bonds is 10. The maximum atomic E-state index is 13.8. The Kier molecular flexibility index (Phi) is 23.2. The number of nitrogens with one attached hydrogen (secondary N) is 2. The van der Waals surface area contributed by atoms with Crippen molar-refractivity contribution in [3.05, 3.63) is 243 Å². The van der Waals surface area contributed by atoms with Gasteiger partial charge in [-0.05, 0) is 234 Å². The van der Waals surface area contributed by atoms with E-state index in [-0.39, 0.29) is 18.3 Å². The number of carbonyl (C=O) groups is 3. The van der Waals surface area contributed by atoms with Gasteiger partial charge in [-0.3, -0.25) is 14.4 Å². The monoisotopic (exact) mass is 1430 g/mol. The maximum absolute atomic E-state index is 13.8. The van der Waals surface area contributed by atoms with Gasteiger partial charge in [0.25, 0.3) is 17.1 Å². The highest BCUT2D eigenvalue weighted by molar-refractivity contribution is 14.1. The first-order valence-corrected chi connectivity index (χ1v) is 30.6. The van der Waals surface area contributed by atoms with Gasteiger partial charge in [0.05, 0.1) is 22.4 Å². The smallest absolute Gasteiger partial charge is 0.423 e. The largest absolute Gasteiger partial charge is 0.494 e. The van der Waals surface area contributed by atoms with Gasteiger partial charge >= 0.3 is 14.2 Å². The number of nitrogens with two attached hydrogens (primary N) is 1. The summed E-state index contributed by atoms with van der Waals surface area (Å²) in [6.07, 6.45) is 2.60. The molecule has 2 amide bonds. The highest BCUT2D eigenvalue weighted by atomic mass is 127. The lowest BCUT2D eigenvalue weighted by Crippen LogP contribution is -2.41. The summed E-state index contributed by atoms with van der Waals surface area (Å²) in [5.74, 6) is -6.21. The van der Waals surface area contributed by atoms with Gasteiger partial charge in [-0.25, -0.2) is 26.3 Å². The molecule has 0 saturated carbocycles. The first-order valence-electron chi connectivity index (χ1n) is 29.2. The number of amides is 2. The maximum Gasteiger partial charge on any atom is 0.494 e. The molecule has 4 N–H and O–H groups in total. The molecule has 8 aromatic carbocycles. The van der Waals surface area contributed by atoms with Crippen molar-refractivity contribution >= 4 is 93.5 Å². The number of aryl methyl sites for hydroxylation is 2. The molecule has 26 heteroatoms. The lowest BCUT2D eigenvalue weighted by atomic mass is 9.79. The number of hydrogen-bond acceptors (Lipinski definition) is 14. The van der Waals surface area contributed by atoms with Crippen LogP contribution in [0.4, 0.5) is 43.4 Å². The average Bonchev–Trinajstić information content (AvgIpc) is 1.53. The van der Waals surface area contributed by atoms with Crippen LogP contribution in [0.25, 0.3) is 34.0 Å². The minimum absolute atomic E-state index is 0.293. The van der Waals surface area contributed by atoms with Gasteiger partial charge in [-0.2, -0.15) is 0 Å². The second-order valence-corrected chi connectivity index (χ2v) is 25.0. The fraction of sp³-hybridized carbons (Fsp3) is 0.203. The number of anilines is 3. The molecular weight excluding hydrogens is 1370 g/mol. The van der Waals surface area contributed by atoms with Gasteiger partial charge in [0, 0.05) is 31.8 Å². The van der Waals surface area contributed by atoms with Crippen molar-refractivity contribution in [3.8, 4) is 34.0 Å². The van der Waals surface area contributed by atoms with E-state index in [1.54, 1.807) is 36.4 Å². The van der Waals surface area contributed by atoms with Crippen LogP contribution in [0.5, 0.6) is 0 Å². The molecule has 0 radical (unpaired) electrons. The van der Waals surface area contributed by atoms with E-state index in [0.717, 1.165) is 86.9 Å². The molecule has 95 heavy (non-hydrogen) atoms. The van der Waals surface area contributed by atoms with Crippen molar-refractivity contribution in [2.24, 2.45) is 0 Å². The number of nitrogen functional groups attached to an aromatic ring is 1. The molecule has 2 aliphatic heterocycles. The number of aromatic nitrogens is 4. The average molecular weight is 1430 g/mol. The number of halogens is 8. The molecule has 2 aromatic heterocycles. The van der Waals surface area contributed by atoms with E-state index in [1.807, 2.05) is 135 Å². The molecule has 2 fully saturated rings. The molecule has 2 saturated heterocycles. The van der Waals surface area contributed by atoms with Crippen LogP contribution in [0, 0.1) is 52.3 Å². The predicted molar refractivity (Wildman–Crippen MR) is 361 cm³/mol. The highest BCUT2D eigenvalue weighted by Gasteiger charge is 2.52. The number of nitrogens with zero attached hydrogens (tertiary/aromatic N) is 4. The van der Waals surface area contributed by atoms with Crippen molar-refractivity contribution in [1.29, 1.82) is 0 Å². The van der Waals surface area contributed by atoms with E-state index in [2.05, 4.69) is 60.5 Å². The van der Waals surface area contributed by atoms with Crippen LogP contribution in [0.2, 0.25) is 0 Å². The number of benzene rings is 8. The molecule has 0 atom stereocenters. The summed E-state index contributed by atoms with van der Waals surface area (Å²) in [4.78, 5) is 34.7. The second kappa shape index (κ2) is 30.6. The Morgan fingerprint density at radius 3 is 1.15 bits per heavy atom. The molecule has 0 spiro atoms. The predicted octanol–water partition coefficient (Wildman–Crippen LogP) is 15.3. The minimum atomic E-state index is -1.12. The van der Waals surface area contributed by atoms with Crippen LogP contribution in [0.15, 0.2) is 185 Å². The zero-order chi connectivity index (χ0) is 69.2. The summed E-state index contributed by atoms with van der Waals surface area (Å²) in [5, 5.41) is 19.0. The van der Waals surface area contributed by atoms with Crippen molar-refractivity contribution < 1.29 is 68.2 Å². The first-order chi connectivity index (χ1) is 44.8. The van der Waals surface area contributed by atoms with Crippen LogP contribution < -0.4 is 27.3 Å². The van der Waals surface area contributed by atoms with Gasteiger partial charge < -0.3 is 43.8 Å². The van der Waals surface area contributed by atoms with Crippen LogP contribution in [-0.4, -0.2) is 74.1 Å². The molecule has 0 bridgehead atoms. The van der Waals surface area contributed by atoms with E-state index in [9.17, 15) is 40.7 Å². The first kappa shape index (κ1) is 71.9. The number of carbonyl (C=O) groups excluding carboxylic acids is 3. The van der Waals surface area contributed by atoms with E-state index in [4.69, 9.17) is 44.8 Å². The SMILES string of the molecule is CC1(C)OB(c2ccc(N)cc2)OC1(C)C.CC1(C)OB(c2ccc(NC(=O)c3c(F)cccc3F)cc2)OC1(C)C.Cc1ccc(-c2nnco2)cc1-c1ccc(NC(=O)c2c(F)cccc2F)cc1.Cc1ccc(-c2nnco2)cc1I.O=C(Cl)c1c(F)cccc1F. The van der Waals surface area contributed by atoms with Gasteiger partial charge in [0.15, 0.2) is 0 Å². The van der Waals surface area contributed by atoms with Crippen molar-refractivity contribution in [2.75, 3.05) is 16.4 Å². The van der Waals surface area contributed by atoms with E-state index in [0.29, 0.717) is 23.2 Å². The standard InChI is InChI=1S/C22H15F2N3O2.C19H20BF2NO3.C12H18BNO2.C9H7IN2O.C7H3ClF2O/c1-13-5-6-15(22-27-25-12-29-22)11-17(13)14-7-9-16(10-8-14)26-21(28)20-18(23)3-2-4-19(20)24;1-18(2)19(3,4)26-20(25-18)12-8-10-13(11-9-12)23-17(24)16-14(21)6-5-7-15(16)22;1-11(2)12(3,4)16-13(15-11)9-5-7-10(14)8-6-9;1-6-2-3-7(4-8(6)10)9-12-11-5-13-9;8-7(11)6-4(9)2-1-3-5(6)10/h2-12H,1H3,(H,26,28);5-11H,1-4H3,(H,23,24);5-8H,14H2,1-4H3;2-5H,1H3;1-3H. The zero-order valence-corrected chi connectivity index (χ0v) is 55.9. The van der Waals surface area contributed by atoms with Crippen LogP contribution in [0.3, 0.4) is 0 Å². The number of hydrogen-bond donors (Lipinski definition) is 3. The summed E-state index contributed by atoms with van der Waals surface area (Å²) < 4.78 is 115. The molecule has 490 valence electrons. The quantitative estimate of drug-likeness (QED) is 0.0382. The zero-order valence-electron chi connectivity index (χ0n) is 53.0. The topological polar surface area (TPSA) is 216 Å². The Balaban J connectivity index is 0.000000160. The summed E-state index contributed by atoms with van der Waals surface area (Å²) >= 11 is 7.18. The van der Waals surface area contributed by atoms with Crippen molar-refractivity contribution in [3.63, 3.8) is 0 Å². The Hall–Kier alpha value is -8.98. The Bertz CT molecular complexity index is 4240. The fourth-order valence-corrected chi connectivity index (χ4v) is 9.66. The van der Waals surface area contributed by atoms with E-state index in [1.165, 1.54) is 34.1 Å². The molecule has 12 rings (SSSR count).